The number of rotatable bonds is 6. The Morgan fingerprint density at radius 2 is 1.90 bits per heavy atom. The van der Waals surface area contributed by atoms with Gasteiger partial charge in [-0.1, -0.05) is 45.4 Å². The number of benzene rings is 1. The third-order valence-electron chi connectivity index (χ3n) is 5.09. The van der Waals surface area contributed by atoms with Crippen LogP contribution in [0.5, 0.6) is 5.75 Å². The molecular formula is C19H31NO. The molecule has 118 valence electrons. The van der Waals surface area contributed by atoms with Crippen molar-refractivity contribution in [3.05, 3.63) is 29.8 Å². The van der Waals surface area contributed by atoms with E-state index in [0.717, 1.165) is 36.7 Å². The normalized spacial score (nSPS) is 27.3. The largest absolute Gasteiger partial charge is 0.494 e. The van der Waals surface area contributed by atoms with Crippen LogP contribution in [0.3, 0.4) is 0 Å². The molecule has 1 aromatic rings. The summed E-state index contributed by atoms with van der Waals surface area (Å²) in [5, 5.41) is 3.72. The van der Waals surface area contributed by atoms with Crippen LogP contribution in [0, 0.1) is 17.8 Å². The summed E-state index contributed by atoms with van der Waals surface area (Å²) in [6.45, 7) is 10.8. The fourth-order valence-corrected chi connectivity index (χ4v) is 3.67. The van der Waals surface area contributed by atoms with Gasteiger partial charge in [0.15, 0.2) is 0 Å². The van der Waals surface area contributed by atoms with Gasteiger partial charge in [0.1, 0.15) is 5.75 Å². The van der Waals surface area contributed by atoms with E-state index in [1.54, 1.807) is 0 Å². The van der Waals surface area contributed by atoms with Crippen LogP contribution in [-0.2, 0) is 0 Å². The summed E-state index contributed by atoms with van der Waals surface area (Å²) in [5.74, 6) is 3.46. The molecule has 21 heavy (non-hydrogen) atoms. The molecule has 0 saturated heterocycles. The molecule has 0 spiro atoms. The average Bonchev–Trinajstić information content (AvgIpc) is 2.49. The quantitative estimate of drug-likeness (QED) is 0.811. The van der Waals surface area contributed by atoms with Gasteiger partial charge in [0.05, 0.1) is 6.61 Å². The molecule has 0 aromatic heterocycles. The molecule has 2 heteroatoms. The second kappa shape index (κ2) is 7.84. The Bertz CT molecular complexity index is 431. The second-order valence-corrected chi connectivity index (χ2v) is 6.53. The monoisotopic (exact) mass is 289 g/mol. The summed E-state index contributed by atoms with van der Waals surface area (Å²) in [5.41, 5.74) is 1.34. The minimum Gasteiger partial charge on any atom is -0.494 e. The van der Waals surface area contributed by atoms with E-state index in [-0.39, 0.29) is 0 Å². The first-order valence-electron chi connectivity index (χ1n) is 8.62. The van der Waals surface area contributed by atoms with E-state index in [0.29, 0.717) is 6.04 Å². The Balaban J connectivity index is 2.22. The summed E-state index contributed by atoms with van der Waals surface area (Å²) in [7, 11) is 0. The number of hydrogen-bond donors (Lipinski definition) is 1. The van der Waals surface area contributed by atoms with Crippen LogP contribution in [0.15, 0.2) is 24.3 Å². The van der Waals surface area contributed by atoms with Crippen molar-refractivity contribution in [2.24, 2.45) is 17.8 Å². The molecule has 0 heterocycles. The maximum absolute atomic E-state index is 5.86. The number of nitrogens with one attached hydrogen (secondary N) is 1. The fourth-order valence-electron chi connectivity index (χ4n) is 3.67. The minimum atomic E-state index is 0.424. The van der Waals surface area contributed by atoms with Crippen molar-refractivity contribution in [1.82, 2.24) is 5.32 Å². The predicted octanol–water partition coefficient (Wildman–Crippen LogP) is 4.81. The highest BCUT2D eigenvalue weighted by Crippen LogP contribution is 2.41. The maximum Gasteiger partial charge on any atom is 0.124 e. The highest BCUT2D eigenvalue weighted by molar-refractivity contribution is 5.36. The first-order valence-corrected chi connectivity index (χ1v) is 8.62. The number of hydrogen-bond acceptors (Lipinski definition) is 2. The van der Waals surface area contributed by atoms with Gasteiger partial charge in [-0.05, 0) is 50.1 Å². The fraction of sp³-hybridized carbons (Fsp3) is 0.684. The molecule has 1 fully saturated rings. The molecule has 4 atom stereocenters. The molecular weight excluding hydrogens is 258 g/mol. The molecule has 1 aliphatic carbocycles. The van der Waals surface area contributed by atoms with Crippen molar-refractivity contribution in [2.75, 3.05) is 13.2 Å². The molecule has 2 nitrogen and oxygen atoms in total. The molecule has 0 amide bonds. The highest BCUT2D eigenvalue weighted by atomic mass is 16.5. The lowest BCUT2D eigenvalue weighted by Gasteiger charge is -2.37. The molecule has 0 bridgehead atoms. The molecule has 1 aromatic carbocycles. The standard InChI is InChI=1S/C19H31NO/c1-5-20-19(16-12-11-14(3)15(4)13-16)17-9-7-8-10-18(17)21-6-2/h7-10,14-16,19-20H,5-6,11-13H2,1-4H3. The summed E-state index contributed by atoms with van der Waals surface area (Å²) < 4.78 is 5.86. The Labute approximate surface area is 130 Å². The smallest absolute Gasteiger partial charge is 0.124 e. The lowest BCUT2D eigenvalue weighted by Crippen LogP contribution is -2.33. The van der Waals surface area contributed by atoms with Gasteiger partial charge < -0.3 is 10.1 Å². The summed E-state index contributed by atoms with van der Waals surface area (Å²) in [6, 6.07) is 8.98. The van der Waals surface area contributed by atoms with Crippen LogP contribution in [0.2, 0.25) is 0 Å². The van der Waals surface area contributed by atoms with Crippen molar-refractivity contribution in [3.8, 4) is 5.75 Å². The molecule has 1 N–H and O–H groups in total. The van der Waals surface area contributed by atoms with E-state index in [1.807, 2.05) is 0 Å². The van der Waals surface area contributed by atoms with E-state index in [9.17, 15) is 0 Å². The molecule has 1 saturated carbocycles. The van der Waals surface area contributed by atoms with Crippen LogP contribution in [-0.4, -0.2) is 13.2 Å². The van der Waals surface area contributed by atoms with Gasteiger partial charge in [-0.2, -0.15) is 0 Å². The van der Waals surface area contributed by atoms with Gasteiger partial charge in [-0.15, -0.1) is 0 Å². The molecule has 2 rings (SSSR count). The Morgan fingerprint density at radius 3 is 2.57 bits per heavy atom. The Morgan fingerprint density at radius 1 is 1.14 bits per heavy atom. The molecule has 0 aliphatic heterocycles. The first-order chi connectivity index (χ1) is 10.2. The molecule has 4 unspecified atom stereocenters. The van der Waals surface area contributed by atoms with Crippen molar-refractivity contribution >= 4 is 0 Å². The topological polar surface area (TPSA) is 21.3 Å². The van der Waals surface area contributed by atoms with Gasteiger partial charge in [0.25, 0.3) is 0 Å². The Kier molecular flexibility index (Phi) is 6.10. The van der Waals surface area contributed by atoms with Gasteiger partial charge in [0, 0.05) is 11.6 Å². The van der Waals surface area contributed by atoms with Crippen LogP contribution in [0.25, 0.3) is 0 Å². The zero-order chi connectivity index (χ0) is 15.2. The van der Waals surface area contributed by atoms with Gasteiger partial charge in [-0.3, -0.25) is 0 Å². The Hall–Kier alpha value is -1.02. The van der Waals surface area contributed by atoms with Crippen LogP contribution in [0.4, 0.5) is 0 Å². The molecule has 0 radical (unpaired) electrons. The van der Waals surface area contributed by atoms with Crippen molar-refractivity contribution < 1.29 is 4.74 Å². The van der Waals surface area contributed by atoms with E-state index < -0.39 is 0 Å². The minimum absolute atomic E-state index is 0.424. The third kappa shape index (κ3) is 4.00. The lowest BCUT2D eigenvalue weighted by atomic mass is 9.72. The summed E-state index contributed by atoms with van der Waals surface area (Å²) in [4.78, 5) is 0. The van der Waals surface area contributed by atoms with Gasteiger partial charge in [-0.25, -0.2) is 0 Å². The molecule has 1 aliphatic rings. The van der Waals surface area contributed by atoms with Crippen molar-refractivity contribution in [3.63, 3.8) is 0 Å². The van der Waals surface area contributed by atoms with Crippen molar-refractivity contribution in [1.29, 1.82) is 0 Å². The zero-order valence-corrected chi connectivity index (χ0v) is 14.1. The highest BCUT2D eigenvalue weighted by Gasteiger charge is 2.31. The maximum atomic E-state index is 5.86. The van der Waals surface area contributed by atoms with Gasteiger partial charge in [0.2, 0.25) is 0 Å². The van der Waals surface area contributed by atoms with Gasteiger partial charge >= 0.3 is 0 Å². The summed E-state index contributed by atoms with van der Waals surface area (Å²) >= 11 is 0. The first kappa shape index (κ1) is 16.4. The SMILES string of the molecule is CCNC(c1ccccc1OCC)C1CCC(C)C(C)C1. The van der Waals surface area contributed by atoms with Crippen LogP contribution >= 0.6 is 0 Å². The van der Waals surface area contributed by atoms with Crippen LogP contribution in [0.1, 0.15) is 58.6 Å². The lowest BCUT2D eigenvalue weighted by molar-refractivity contribution is 0.170. The predicted molar refractivity (Wildman–Crippen MR) is 89.7 cm³/mol. The van der Waals surface area contributed by atoms with E-state index in [4.69, 9.17) is 4.74 Å². The number of para-hydroxylation sites is 1. The van der Waals surface area contributed by atoms with E-state index >= 15 is 0 Å². The average molecular weight is 289 g/mol. The van der Waals surface area contributed by atoms with E-state index in [1.165, 1.54) is 24.8 Å². The van der Waals surface area contributed by atoms with Crippen molar-refractivity contribution in [2.45, 2.75) is 53.0 Å². The third-order valence-corrected chi connectivity index (χ3v) is 5.09. The second-order valence-electron chi connectivity index (χ2n) is 6.53. The zero-order valence-electron chi connectivity index (χ0n) is 14.1. The van der Waals surface area contributed by atoms with E-state index in [2.05, 4.69) is 57.3 Å². The summed E-state index contributed by atoms with van der Waals surface area (Å²) in [6.07, 6.45) is 3.99. The number of ether oxygens (including phenoxy) is 1. The van der Waals surface area contributed by atoms with Crippen LogP contribution < -0.4 is 10.1 Å².